The van der Waals surface area contributed by atoms with E-state index in [1.54, 1.807) is 12.4 Å². The second-order valence-electron chi connectivity index (χ2n) is 4.99. The van der Waals surface area contributed by atoms with E-state index in [4.69, 9.17) is 22.1 Å². The van der Waals surface area contributed by atoms with Gasteiger partial charge in [-0.25, -0.2) is 0 Å². The summed E-state index contributed by atoms with van der Waals surface area (Å²) in [5, 5.41) is 4.77. The Balaban J connectivity index is 1.64. The van der Waals surface area contributed by atoms with Crippen molar-refractivity contribution in [3.63, 3.8) is 0 Å². The molecule has 116 valence electrons. The van der Waals surface area contributed by atoms with Crippen LogP contribution in [-0.4, -0.2) is 11.6 Å². The highest BCUT2D eigenvalue weighted by Gasteiger charge is 2.02. The number of nitrogens with two attached hydrogens (primary N) is 1. The van der Waals surface area contributed by atoms with Gasteiger partial charge < -0.3 is 15.8 Å². The van der Waals surface area contributed by atoms with Crippen LogP contribution < -0.4 is 15.8 Å². The van der Waals surface area contributed by atoms with Crippen LogP contribution in [0.1, 0.15) is 0 Å². The molecule has 0 aliphatic carbocycles. The van der Waals surface area contributed by atoms with Crippen LogP contribution in [0.4, 0.5) is 5.69 Å². The van der Waals surface area contributed by atoms with E-state index in [0.29, 0.717) is 10.7 Å². The average molecular weight is 326 g/mol. The first kappa shape index (κ1) is 15.2. The summed E-state index contributed by atoms with van der Waals surface area (Å²) in [6.45, 7) is 0.286. The van der Waals surface area contributed by atoms with Crippen LogP contribution in [0.3, 0.4) is 0 Å². The third kappa shape index (κ3) is 3.93. The number of hydrogen-bond acceptors (Lipinski definition) is 4. The summed E-state index contributed by atoms with van der Waals surface area (Å²) in [5.74, 6) is 0.762. The molecule has 3 N–H and O–H groups in total. The molecule has 1 aromatic heterocycles. The first-order chi connectivity index (χ1) is 11.2. The van der Waals surface area contributed by atoms with Gasteiger partial charge >= 0.3 is 0 Å². The van der Waals surface area contributed by atoms with Gasteiger partial charge in [-0.05, 0) is 42.5 Å². The molecule has 0 spiro atoms. The summed E-state index contributed by atoms with van der Waals surface area (Å²) in [6.07, 6.45) is 3.44. The minimum absolute atomic E-state index is 0.286. The van der Waals surface area contributed by atoms with Crippen molar-refractivity contribution in [2.75, 3.05) is 11.9 Å². The molecule has 0 aliphatic heterocycles. The summed E-state index contributed by atoms with van der Waals surface area (Å²) in [4.78, 5) is 4.30. The van der Waals surface area contributed by atoms with Gasteiger partial charge in [-0.2, -0.15) is 0 Å². The fourth-order valence-corrected chi connectivity index (χ4v) is 2.25. The molecule has 0 fully saturated rings. The molecule has 0 saturated heterocycles. The van der Waals surface area contributed by atoms with Gasteiger partial charge in [0, 0.05) is 28.5 Å². The zero-order valence-electron chi connectivity index (χ0n) is 12.4. The molecule has 0 unspecified atom stereocenters. The van der Waals surface area contributed by atoms with E-state index < -0.39 is 0 Å². The summed E-state index contributed by atoms with van der Waals surface area (Å²) < 4.78 is 5.79. The SMILES string of the molecule is N/C(=C\Nc1ccc(Cl)cc1)COc1ccnc2ccccc12. The fourth-order valence-electron chi connectivity index (χ4n) is 2.12. The number of para-hydroxylation sites is 1. The number of pyridine rings is 1. The Morgan fingerprint density at radius 3 is 2.74 bits per heavy atom. The van der Waals surface area contributed by atoms with Crippen LogP contribution >= 0.6 is 11.6 Å². The van der Waals surface area contributed by atoms with Gasteiger partial charge in [-0.3, -0.25) is 4.98 Å². The molecule has 0 radical (unpaired) electrons. The number of anilines is 1. The van der Waals surface area contributed by atoms with Crippen molar-refractivity contribution in [2.45, 2.75) is 0 Å². The quantitative estimate of drug-likeness (QED) is 0.738. The Kier molecular flexibility index (Phi) is 4.64. The van der Waals surface area contributed by atoms with Gasteiger partial charge in [0.1, 0.15) is 12.4 Å². The van der Waals surface area contributed by atoms with E-state index >= 15 is 0 Å². The highest BCUT2D eigenvalue weighted by molar-refractivity contribution is 6.30. The third-order valence-electron chi connectivity index (χ3n) is 3.27. The van der Waals surface area contributed by atoms with Crippen LogP contribution in [0.2, 0.25) is 5.02 Å². The Morgan fingerprint density at radius 2 is 1.91 bits per heavy atom. The maximum Gasteiger partial charge on any atom is 0.130 e. The normalized spacial score (nSPS) is 11.4. The highest BCUT2D eigenvalue weighted by Crippen LogP contribution is 2.23. The van der Waals surface area contributed by atoms with Gasteiger partial charge in [0.05, 0.1) is 11.2 Å². The Morgan fingerprint density at radius 1 is 1.13 bits per heavy atom. The fraction of sp³-hybridized carbons (Fsp3) is 0.0556. The van der Waals surface area contributed by atoms with Gasteiger partial charge in [0.2, 0.25) is 0 Å². The zero-order chi connectivity index (χ0) is 16.1. The zero-order valence-corrected chi connectivity index (χ0v) is 13.1. The standard InChI is InChI=1S/C18H16ClN3O/c19-13-5-7-15(8-6-13)22-11-14(20)12-23-18-9-10-21-17-4-2-1-3-16(17)18/h1-11,22H,12,20H2/b14-11-. The Bertz CT molecular complexity index is 826. The first-order valence-electron chi connectivity index (χ1n) is 7.15. The smallest absolute Gasteiger partial charge is 0.130 e. The Hall–Kier alpha value is -2.72. The predicted molar refractivity (Wildman–Crippen MR) is 94.6 cm³/mol. The van der Waals surface area contributed by atoms with Crippen molar-refractivity contribution >= 4 is 28.2 Å². The average Bonchev–Trinajstić information content (AvgIpc) is 2.59. The van der Waals surface area contributed by atoms with E-state index in [1.165, 1.54) is 0 Å². The van der Waals surface area contributed by atoms with E-state index in [1.807, 2.05) is 54.6 Å². The molecule has 4 nitrogen and oxygen atoms in total. The minimum atomic E-state index is 0.286. The molecule has 0 saturated carbocycles. The van der Waals surface area contributed by atoms with E-state index in [0.717, 1.165) is 22.3 Å². The van der Waals surface area contributed by atoms with E-state index in [2.05, 4.69) is 10.3 Å². The molecule has 2 aromatic carbocycles. The summed E-state index contributed by atoms with van der Waals surface area (Å²) in [6, 6.07) is 17.0. The van der Waals surface area contributed by atoms with E-state index in [-0.39, 0.29) is 6.61 Å². The first-order valence-corrected chi connectivity index (χ1v) is 7.53. The lowest BCUT2D eigenvalue weighted by Gasteiger charge is -2.09. The predicted octanol–water partition coefficient (Wildman–Crippen LogP) is 4.18. The summed E-state index contributed by atoms with van der Waals surface area (Å²) >= 11 is 5.85. The number of fused-ring (bicyclic) bond motifs is 1. The molecular formula is C18H16ClN3O. The van der Waals surface area contributed by atoms with Gasteiger partial charge in [-0.15, -0.1) is 0 Å². The lowest BCUT2D eigenvalue weighted by atomic mass is 10.2. The van der Waals surface area contributed by atoms with Gasteiger partial charge in [-0.1, -0.05) is 23.7 Å². The van der Waals surface area contributed by atoms with Gasteiger partial charge in [0.25, 0.3) is 0 Å². The number of aromatic nitrogens is 1. The monoisotopic (exact) mass is 325 g/mol. The number of hydrogen-bond donors (Lipinski definition) is 2. The number of nitrogens with zero attached hydrogens (tertiary/aromatic N) is 1. The topological polar surface area (TPSA) is 60.2 Å². The molecule has 1 heterocycles. The summed E-state index contributed by atoms with van der Waals surface area (Å²) in [5.41, 5.74) is 8.36. The van der Waals surface area contributed by atoms with Crippen LogP contribution in [0.5, 0.6) is 5.75 Å². The minimum Gasteiger partial charge on any atom is -0.487 e. The maximum atomic E-state index is 5.98. The molecule has 0 bridgehead atoms. The van der Waals surface area contributed by atoms with Crippen molar-refractivity contribution < 1.29 is 4.74 Å². The number of halogens is 1. The molecule has 3 aromatic rings. The molecule has 0 aliphatic rings. The largest absolute Gasteiger partial charge is 0.487 e. The van der Waals surface area contributed by atoms with Crippen molar-refractivity contribution in [3.8, 4) is 5.75 Å². The number of benzene rings is 2. The van der Waals surface area contributed by atoms with Crippen LogP contribution in [0, 0.1) is 0 Å². The van der Waals surface area contributed by atoms with Crippen molar-refractivity contribution in [3.05, 3.63) is 77.7 Å². The molecule has 3 rings (SSSR count). The number of nitrogens with one attached hydrogen (secondary N) is 1. The third-order valence-corrected chi connectivity index (χ3v) is 3.52. The second kappa shape index (κ2) is 7.03. The van der Waals surface area contributed by atoms with Crippen LogP contribution in [-0.2, 0) is 0 Å². The van der Waals surface area contributed by atoms with Crippen LogP contribution in [0.25, 0.3) is 10.9 Å². The van der Waals surface area contributed by atoms with Gasteiger partial charge in [0.15, 0.2) is 0 Å². The number of ether oxygens (including phenoxy) is 1. The van der Waals surface area contributed by atoms with Crippen molar-refractivity contribution in [1.82, 2.24) is 4.98 Å². The lowest BCUT2D eigenvalue weighted by Crippen LogP contribution is -2.11. The maximum absolute atomic E-state index is 5.98. The Labute approximate surface area is 139 Å². The highest BCUT2D eigenvalue weighted by atomic mass is 35.5. The molecule has 5 heteroatoms. The van der Waals surface area contributed by atoms with Crippen LogP contribution in [0.15, 0.2) is 72.7 Å². The lowest BCUT2D eigenvalue weighted by molar-refractivity contribution is 0.354. The number of rotatable bonds is 5. The van der Waals surface area contributed by atoms with Crippen molar-refractivity contribution in [2.24, 2.45) is 5.73 Å². The van der Waals surface area contributed by atoms with Crippen molar-refractivity contribution in [1.29, 1.82) is 0 Å². The summed E-state index contributed by atoms with van der Waals surface area (Å²) in [7, 11) is 0. The molecule has 23 heavy (non-hydrogen) atoms. The molecule has 0 amide bonds. The second-order valence-corrected chi connectivity index (χ2v) is 5.42. The molecule has 0 atom stereocenters. The van der Waals surface area contributed by atoms with E-state index in [9.17, 15) is 0 Å². The molecular weight excluding hydrogens is 310 g/mol.